The second kappa shape index (κ2) is 11.3. The van der Waals surface area contributed by atoms with Crippen molar-refractivity contribution in [2.75, 3.05) is 26.7 Å². The van der Waals surface area contributed by atoms with Crippen molar-refractivity contribution in [3.05, 3.63) is 63.6 Å². The van der Waals surface area contributed by atoms with Crippen LogP contribution in [0, 0.1) is 11.8 Å². The first-order chi connectivity index (χ1) is 17.5. The van der Waals surface area contributed by atoms with E-state index >= 15 is 0 Å². The highest BCUT2D eigenvalue weighted by molar-refractivity contribution is 6.42. The summed E-state index contributed by atoms with van der Waals surface area (Å²) in [6, 6.07) is 13.5. The molecule has 1 N–H and O–H groups in total. The van der Waals surface area contributed by atoms with Gasteiger partial charge in [0.05, 0.1) is 43.1 Å². The van der Waals surface area contributed by atoms with Crippen molar-refractivity contribution < 1.29 is 18.8 Å². The number of hydrogen-bond donors (Lipinski definition) is 1. The average molecular weight is 547 g/mol. The van der Waals surface area contributed by atoms with E-state index in [1.54, 1.807) is 12.1 Å². The molecule has 1 aliphatic carbocycles. The van der Waals surface area contributed by atoms with Gasteiger partial charge in [-0.2, -0.15) is 0 Å². The molecule has 200 valence electrons. The predicted molar refractivity (Wildman–Crippen MR) is 149 cm³/mol. The molecule has 0 spiro atoms. The summed E-state index contributed by atoms with van der Waals surface area (Å²) in [6.45, 7) is 9.42. The topological polar surface area (TPSA) is 55.4 Å². The second-order valence-corrected chi connectivity index (χ2v) is 12.6. The first-order valence-corrected chi connectivity index (χ1v) is 14.1. The van der Waals surface area contributed by atoms with Crippen molar-refractivity contribution in [2.45, 2.75) is 64.3 Å². The average Bonchev–Trinajstić information content (AvgIpc) is 2.81. The minimum absolute atomic E-state index is 0.00175. The Hall–Kier alpha value is -2.08. The summed E-state index contributed by atoms with van der Waals surface area (Å²) in [7, 11) is 2.39. The number of halogens is 2. The Kier molecular flexibility index (Phi) is 8.57. The lowest BCUT2D eigenvalue weighted by Gasteiger charge is -2.55. The second-order valence-electron chi connectivity index (χ2n) is 11.8. The standard InChI is InChI=1S/C30H38Cl2N2O3/c1-20(2)18-34(4)13-12-30(23-6-5-7-26(16-23)37-21(3)35)17-25(10-9-24(30)19-34)33-29(36)15-22-8-11-27(31)28(32)14-22/h5-8,11,14,16,20,24-25H,9-10,12-13,15,17-19H2,1-4H3/p+1/t24?,25-,30+,34-/m0/s1. The van der Waals surface area contributed by atoms with Crippen LogP contribution in [0.3, 0.4) is 0 Å². The third-order valence-corrected chi connectivity index (χ3v) is 8.94. The lowest BCUT2D eigenvalue weighted by Crippen LogP contribution is -2.62. The normalized spacial score (nSPS) is 27.4. The fraction of sp³-hybridized carbons (Fsp3) is 0.533. The first-order valence-electron chi connectivity index (χ1n) is 13.3. The van der Waals surface area contributed by atoms with Crippen molar-refractivity contribution in [3.8, 4) is 5.75 Å². The highest BCUT2D eigenvalue weighted by atomic mass is 35.5. The Bertz CT molecular complexity index is 1150. The van der Waals surface area contributed by atoms with E-state index in [1.165, 1.54) is 19.0 Å². The van der Waals surface area contributed by atoms with E-state index in [-0.39, 0.29) is 29.8 Å². The monoisotopic (exact) mass is 545 g/mol. The van der Waals surface area contributed by atoms with Crippen LogP contribution in [-0.4, -0.2) is 49.1 Å². The summed E-state index contributed by atoms with van der Waals surface area (Å²) in [6.07, 6.45) is 4.22. The highest BCUT2D eigenvalue weighted by Gasteiger charge is 2.52. The van der Waals surface area contributed by atoms with E-state index < -0.39 is 0 Å². The molecule has 1 amide bonds. The van der Waals surface area contributed by atoms with Gasteiger partial charge in [-0.1, -0.05) is 55.2 Å². The molecule has 4 atom stereocenters. The first kappa shape index (κ1) is 27.9. The molecule has 2 aliphatic rings. The van der Waals surface area contributed by atoms with Crippen LogP contribution in [0.4, 0.5) is 0 Å². The molecule has 1 saturated carbocycles. The molecule has 0 bridgehead atoms. The Labute approximate surface area is 231 Å². The van der Waals surface area contributed by atoms with Crippen molar-refractivity contribution in [1.29, 1.82) is 0 Å². The lowest BCUT2D eigenvalue weighted by molar-refractivity contribution is -0.922. The molecule has 1 aliphatic heterocycles. The van der Waals surface area contributed by atoms with Gasteiger partial charge < -0.3 is 14.5 Å². The third-order valence-electron chi connectivity index (χ3n) is 8.20. The molecule has 1 unspecified atom stereocenters. The van der Waals surface area contributed by atoms with E-state index in [1.807, 2.05) is 24.3 Å². The van der Waals surface area contributed by atoms with Crippen molar-refractivity contribution in [1.82, 2.24) is 5.32 Å². The number of hydrogen-bond acceptors (Lipinski definition) is 3. The zero-order valence-electron chi connectivity index (χ0n) is 22.4. The number of nitrogens with zero attached hydrogens (tertiary/aromatic N) is 1. The van der Waals surface area contributed by atoms with E-state index in [0.717, 1.165) is 48.8 Å². The largest absolute Gasteiger partial charge is 0.427 e. The molecule has 2 fully saturated rings. The Morgan fingerprint density at radius 2 is 1.92 bits per heavy atom. The third kappa shape index (κ3) is 6.68. The summed E-state index contributed by atoms with van der Waals surface area (Å²) in [5.74, 6) is 1.42. The van der Waals surface area contributed by atoms with E-state index in [9.17, 15) is 9.59 Å². The minimum Gasteiger partial charge on any atom is -0.427 e. The number of likely N-dealkylation sites (tertiary alicyclic amines) is 1. The lowest BCUT2D eigenvalue weighted by atomic mass is 9.57. The van der Waals surface area contributed by atoms with E-state index in [4.69, 9.17) is 27.9 Å². The molecular formula is C30H39Cl2N2O3+. The van der Waals surface area contributed by atoms with Gasteiger partial charge in [0.15, 0.2) is 0 Å². The number of rotatable bonds is 7. The van der Waals surface area contributed by atoms with Crippen LogP contribution in [0.25, 0.3) is 0 Å². The van der Waals surface area contributed by atoms with Crippen LogP contribution in [0.5, 0.6) is 5.75 Å². The number of nitrogens with one attached hydrogen (secondary N) is 1. The fourth-order valence-electron chi connectivity index (χ4n) is 6.87. The number of esters is 1. The van der Waals surface area contributed by atoms with Gasteiger partial charge in [0.1, 0.15) is 5.75 Å². The maximum Gasteiger partial charge on any atom is 0.308 e. The molecular weight excluding hydrogens is 507 g/mol. The summed E-state index contributed by atoms with van der Waals surface area (Å²) in [5, 5.41) is 4.27. The van der Waals surface area contributed by atoms with Gasteiger partial charge in [0.2, 0.25) is 5.91 Å². The molecule has 7 heteroatoms. The fourth-order valence-corrected chi connectivity index (χ4v) is 7.19. The van der Waals surface area contributed by atoms with Gasteiger partial charge in [-0.25, -0.2) is 0 Å². The number of carbonyl (C=O) groups is 2. The molecule has 2 aromatic carbocycles. The number of quaternary nitrogens is 1. The predicted octanol–water partition coefficient (Wildman–Crippen LogP) is 6.19. The zero-order valence-corrected chi connectivity index (χ0v) is 23.9. The smallest absolute Gasteiger partial charge is 0.308 e. The summed E-state index contributed by atoms with van der Waals surface area (Å²) >= 11 is 12.2. The quantitative estimate of drug-likeness (QED) is 0.256. The summed E-state index contributed by atoms with van der Waals surface area (Å²) < 4.78 is 6.54. The maximum atomic E-state index is 13.0. The summed E-state index contributed by atoms with van der Waals surface area (Å²) in [4.78, 5) is 24.7. The maximum absolute atomic E-state index is 13.0. The number of ether oxygens (including phenoxy) is 1. The summed E-state index contributed by atoms with van der Waals surface area (Å²) in [5.41, 5.74) is 2.00. The van der Waals surface area contributed by atoms with Gasteiger partial charge in [-0.3, -0.25) is 9.59 Å². The van der Waals surface area contributed by atoms with Crippen LogP contribution >= 0.6 is 23.2 Å². The number of amides is 1. The Morgan fingerprint density at radius 1 is 1.14 bits per heavy atom. The highest BCUT2D eigenvalue weighted by Crippen LogP contribution is 2.51. The van der Waals surface area contributed by atoms with E-state index in [0.29, 0.717) is 27.6 Å². The molecule has 0 radical (unpaired) electrons. The van der Waals surface area contributed by atoms with Gasteiger partial charge in [0, 0.05) is 36.6 Å². The molecule has 1 heterocycles. The Balaban J connectivity index is 1.57. The van der Waals surface area contributed by atoms with Crippen molar-refractivity contribution in [3.63, 3.8) is 0 Å². The van der Waals surface area contributed by atoms with E-state index in [2.05, 4.69) is 32.3 Å². The van der Waals surface area contributed by atoms with Crippen LogP contribution in [0.2, 0.25) is 10.0 Å². The number of fused-ring (bicyclic) bond motifs is 1. The van der Waals surface area contributed by atoms with Gasteiger partial charge in [0.25, 0.3) is 0 Å². The zero-order chi connectivity index (χ0) is 26.8. The van der Waals surface area contributed by atoms with Crippen molar-refractivity contribution >= 4 is 35.1 Å². The van der Waals surface area contributed by atoms with Crippen LogP contribution in [0.15, 0.2) is 42.5 Å². The number of carbonyl (C=O) groups excluding carboxylic acids is 2. The minimum atomic E-state index is -0.313. The number of benzene rings is 2. The molecule has 0 aromatic heterocycles. The molecule has 1 saturated heterocycles. The van der Waals surface area contributed by atoms with Crippen LogP contribution in [0.1, 0.15) is 57.6 Å². The molecule has 2 aromatic rings. The molecule has 5 nitrogen and oxygen atoms in total. The van der Waals surface area contributed by atoms with Crippen molar-refractivity contribution in [2.24, 2.45) is 11.8 Å². The Morgan fingerprint density at radius 3 is 2.62 bits per heavy atom. The van der Waals surface area contributed by atoms with Crippen LogP contribution < -0.4 is 10.1 Å². The number of piperidine rings is 1. The van der Waals surface area contributed by atoms with Crippen LogP contribution in [-0.2, 0) is 21.4 Å². The molecule has 4 rings (SSSR count). The van der Waals surface area contributed by atoms with Gasteiger partial charge >= 0.3 is 5.97 Å². The van der Waals surface area contributed by atoms with Gasteiger partial charge in [-0.05, 0) is 54.7 Å². The SMILES string of the molecule is CC(=O)Oc1cccc([C@]23CC[N@@+](C)(CC(C)C)CC2CC[C@H](NC(=O)Cc2ccc(Cl)c(Cl)c2)C3)c1. The van der Waals surface area contributed by atoms with Gasteiger partial charge in [-0.15, -0.1) is 0 Å². The molecule has 37 heavy (non-hydrogen) atoms.